The monoisotopic (exact) mass is 540 g/mol. The minimum absolute atomic E-state index is 0.0116. The van der Waals surface area contributed by atoms with Crippen LogP contribution >= 0.6 is 0 Å². The molecule has 212 valence electrons. The van der Waals surface area contributed by atoms with Crippen LogP contribution in [0.4, 0.5) is 0 Å². The summed E-state index contributed by atoms with van der Waals surface area (Å²) in [5.74, 6) is -1.65. The molecule has 0 unspecified atom stereocenters. The first-order chi connectivity index (χ1) is 18.4. The molecule has 0 radical (unpaired) electrons. The van der Waals surface area contributed by atoms with Crippen LogP contribution in [0.2, 0.25) is 0 Å². The van der Waals surface area contributed by atoms with Gasteiger partial charge in [0.25, 0.3) is 0 Å². The van der Waals surface area contributed by atoms with Crippen LogP contribution in [0.25, 0.3) is 11.1 Å². The number of phenols is 2. The third-order valence-corrected chi connectivity index (χ3v) is 6.95. The SMILES string of the molecule is CC(C)(CN)CNC(=O)[C@@H]1Cc2cc(ccc2O)-c2ccc(O)c(c2)C[C@@H](N)C(=O)N[C@@H](CCCN)C(=O)N1. The number of phenolic OH excluding ortho intramolecular Hbond substituents is 2. The van der Waals surface area contributed by atoms with Crippen LogP contribution in [0.15, 0.2) is 36.4 Å². The standard InChI is InChI=1S/C28H40N6O5/c1-28(2,14-30)15-32-26(38)22-13-19-11-17(6-8-24(19)36)16-5-7-23(35)18(10-16)12-20(31)25(37)33-21(4-3-9-29)27(39)34-22/h5-8,10-11,20-22,35-36H,3-4,9,12-15,29-31H2,1-2H3,(H,32,38)(H,33,37)(H,34,39)/t20-,21+,22+/m1/s1. The third-order valence-electron chi connectivity index (χ3n) is 6.95. The minimum atomic E-state index is -1.06. The zero-order valence-electron chi connectivity index (χ0n) is 22.5. The molecular weight excluding hydrogens is 500 g/mol. The Bertz CT molecular complexity index is 1200. The molecule has 3 rings (SSSR count). The van der Waals surface area contributed by atoms with Gasteiger partial charge in [-0.2, -0.15) is 0 Å². The molecule has 0 aromatic heterocycles. The number of carbonyl (C=O) groups is 3. The van der Waals surface area contributed by atoms with E-state index < -0.39 is 35.8 Å². The summed E-state index contributed by atoms with van der Waals surface area (Å²) in [7, 11) is 0. The number of rotatable bonds is 7. The Kier molecular flexibility index (Phi) is 9.90. The number of fused-ring (bicyclic) bond motifs is 5. The van der Waals surface area contributed by atoms with Crippen molar-refractivity contribution in [1.82, 2.24) is 16.0 Å². The number of carbonyl (C=O) groups excluding carboxylic acids is 3. The highest BCUT2D eigenvalue weighted by Gasteiger charge is 2.30. The maximum atomic E-state index is 13.4. The largest absolute Gasteiger partial charge is 0.508 e. The van der Waals surface area contributed by atoms with Gasteiger partial charge in [0.1, 0.15) is 23.6 Å². The van der Waals surface area contributed by atoms with Gasteiger partial charge in [-0.05, 0) is 77.9 Å². The summed E-state index contributed by atoms with van der Waals surface area (Å²) >= 11 is 0. The summed E-state index contributed by atoms with van der Waals surface area (Å²) in [5, 5.41) is 29.4. The predicted molar refractivity (Wildman–Crippen MR) is 149 cm³/mol. The van der Waals surface area contributed by atoms with Gasteiger partial charge in [0.2, 0.25) is 17.7 Å². The summed E-state index contributed by atoms with van der Waals surface area (Å²) in [5.41, 5.74) is 19.6. The van der Waals surface area contributed by atoms with E-state index in [4.69, 9.17) is 17.2 Å². The van der Waals surface area contributed by atoms with Crippen LogP contribution in [-0.2, 0) is 27.2 Å². The Labute approximate surface area is 228 Å². The fourth-order valence-corrected chi connectivity index (χ4v) is 4.28. The van der Waals surface area contributed by atoms with Gasteiger partial charge in [0, 0.05) is 19.4 Å². The minimum Gasteiger partial charge on any atom is -0.508 e. The average molecular weight is 541 g/mol. The first-order valence-corrected chi connectivity index (χ1v) is 13.1. The molecule has 0 saturated carbocycles. The lowest BCUT2D eigenvalue weighted by atomic mass is 9.93. The number of hydrogen-bond donors (Lipinski definition) is 8. The van der Waals surface area contributed by atoms with Crippen molar-refractivity contribution in [2.24, 2.45) is 22.6 Å². The van der Waals surface area contributed by atoms with E-state index in [1.807, 2.05) is 13.8 Å². The van der Waals surface area contributed by atoms with Gasteiger partial charge in [-0.25, -0.2) is 0 Å². The molecule has 4 bridgehead atoms. The fourth-order valence-electron chi connectivity index (χ4n) is 4.28. The highest BCUT2D eigenvalue weighted by molar-refractivity contribution is 5.93. The molecule has 11 nitrogen and oxygen atoms in total. The number of nitrogens with one attached hydrogen (secondary N) is 3. The molecule has 2 aromatic carbocycles. The number of benzene rings is 2. The van der Waals surface area contributed by atoms with Gasteiger partial charge >= 0.3 is 0 Å². The van der Waals surface area contributed by atoms with Crippen molar-refractivity contribution in [3.05, 3.63) is 47.5 Å². The Morgan fingerprint density at radius 2 is 1.56 bits per heavy atom. The molecule has 2 aromatic rings. The second kappa shape index (κ2) is 12.9. The van der Waals surface area contributed by atoms with E-state index in [-0.39, 0.29) is 42.7 Å². The predicted octanol–water partition coefficient (Wildman–Crippen LogP) is 0.000300. The van der Waals surface area contributed by atoms with Gasteiger partial charge in [-0.1, -0.05) is 26.0 Å². The molecule has 0 saturated heterocycles. The second-order valence-electron chi connectivity index (χ2n) is 10.8. The Morgan fingerprint density at radius 1 is 0.974 bits per heavy atom. The third kappa shape index (κ3) is 7.92. The fraction of sp³-hybridized carbons (Fsp3) is 0.464. The van der Waals surface area contributed by atoms with E-state index in [1.54, 1.807) is 24.3 Å². The van der Waals surface area contributed by atoms with Gasteiger partial charge in [-0.15, -0.1) is 0 Å². The molecule has 0 fully saturated rings. The number of hydrogen-bond acceptors (Lipinski definition) is 8. The van der Waals surface area contributed by atoms with Crippen molar-refractivity contribution in [3.63, 3.8) is 0 Å². The van der Waals surface area contributed by atoms with E-state index in [0.29, 0.717) is 36.2 Å². The van der Waals surface area contributed by atoms with Crippen molar-refractivity contribution in [1.29, 1.82) is 0 Å². The average Bonchev–Trinajstić information content (AvgIpc) is 2.91. The van der Waals surface area contributed by atoms with Crippen LogP contribution in [0.1, 0.15) is 37.8 Å². The summed E-state index contributed by atoms with van der Waals surface area (Å²) in [6, 6.07) is 6.82. The van der Waals surface area contributed by atoms with Crippen LogP contribution in [-0.4, -0.2) is 65.7 Å². The van der Waals surface area contributed by atoms with Crippen molar-refractivity contribution >= 4 is 17.7 Å². The maximum absolute atomic E-state index is 13.4. The van der Waals surface area contributed by atoms with E-state index in [0.717, 1.165) is 5.56 Å². The van der Waals surface area contributed by atoms with E-state index in [2.05, 4.69) is 16.0 Å². The Hall–Kier alpha value is -3.67. The number of nitrogens with two attached hydrogens (primary N) is 3. The quantitative estimate of drug-likeness (QED) is 0.239. The molecule has 11 heteroatoms. The van der Waals surface area contributed by atoms with E-state index in [1.165, 1.54) is 12.1 Å². The van der Waals surface area contributed by atoms with Gasteiger partial charge < -0.3 is 43.4 Å². The molecule has 3 amide bonds. The van der Waals surface area contributed by atoms with Crippen LogP contribution in [0.5, 0.6) is 11.5 Å². The molecule has 1 aliphatic heterocycles. The molecule has 11 N–H and O–H groups in total. The number of amides is 3. The Morgan fingerprint density at radius 3 is 2.13 bits per heavy atom. The first kappa shape index (κ1) is 29.9. The second-order valence-corrected chi connectivity index (χ2v) is 10.8. The lowest BCUT2D eigenvalue weighted by molar-refractivity contribution is -0.132. The van der Waals surface area contributed by atoms with Crippen LogP contribution in [0, 0.1) is 5.41 Å². The number of aromatic hydroxyl groups is 2. The maximum Gasteiger partial charge on any atom is 0.243 e. The summed E-state index contributed by atoms with van der Waals surface area (Å²) in [6.45, 7) is 4.73. The van der Waals surface area contributed by atoms with Gasteiger partial charge in [-0.3, -0.25) is 14.4 Å². The summed E-state index contributed by atoms with van der Waals surface area (Å²) in [4.78, 5) is 39.7. The lowest BCUT2D eigenvalue weighted by Gasteiger charge is -2.27. The lowest BCUT2D eigenvalue weighted by Crippen LogP contribution is -2.57. The van der Waals surface area contributed by atoms with E-state index in [9.17, 15) is 24.6 Å². The highest BCUT2D eigenvalue weighted by atomic mass is 16.3. The topological polar surface area (TPSA) is 206 Å². The highest BCUT2D eigenvalue weighted by Crippen LogP contribution is 2.31. The smallest absolute Gasteiger partial charge is 0.243 e. The van der Waals surface area contributed by atoms with Crippen molar-refractivity contribution in [3.8, 4) is 22.6 Å². The molecule has 0 aliphatic carbocycles. The Balaban J connectivity index is 2.06. The van der Waals surface area contributed by atoms with Crippen molar-refractivity contribution in [2.45, 2.75) is 57.7 Å². The zero-order chi connectivity index (χ0) is 28.7. The normalized spacial score (nSPS) is 20.3. The van der Waals surface area contributed by atoms with Crippen LogP contribution in [0.3, 0.4) is 0 Å². The first-order valence-electron chi connectivity index (χ1n) is 13.1. The van der Waals surface area contributed by atoms with Gasteiger partial charge in [0.05, 0.1) is 6.04 Å². The van der Waals surface area contributed by atoms with E-state index >= 15 is 0 Å². The molecule has 39 heavy (non-hydrogen) atoms. The molecule has 1 aliphatic rings. The summed E-state index contributed by atoms with van der Waals surface area (Å²) in [6.07, 6.45) is 0.698. The molecule has 0 spiro atoms. The van der Waals surface area contributed by atoms with Crippen molar-refractivity contribution < 1.29 is 24.6 Å². The van der Waals surface area contributed by atoms with Gasteiger partial charge in [0.15, 0.2) is 0 Å². The molecule has 1 heterocycles. The molecule has 3 atom stereocenters. The zero-order valence-corrected chi connectivity index (χ0v) is 22.5. The van der Waals surface area contributed by atoms with Crippen molar-refractivity contribution in [2.75, 3.05) is 19.6 Å². The summed E-state index contributed by atoms with van der Waals surface area (Å²) < 4.78 is 0. The molecular formula is C28H40N6O5. The van der Waals surface area contributed by atoms with Crippen LogP contribution < -0.4 is 33.2 Å².